The van der Waals surface area contributed by atoms with Crippen molar-refractivity contribution in [1.82, 2.24) is 5.32 Å². The SMILES string of the molecule is O=C(O)CCCNCc1c(Cl)oc2ccccc12. The van der Waals surface area contributed by atoms with Gasteiger partial charge in [0.05, 0.1) is 0 Å². The largest absolute Gasteiger partial charge is 0.481 e. The molecule has 0 atom stereocenters. The Bertz CT molecular complexity index is 550. The van der Waals surface area contributed by atoms with Crippen molar-refractivity contribution in [3.05, 3.63) is 35.0 Å². The van der Waals surface area contributed by atoms with E-state index in [4.69, 9.17) is 21.1 Å². The number of aliphatic carboxylic acids is 1. The zero-order valence-electron chi connectivity index (χ0n) is 9.78. The van der Waals surface area contributed by atoms with E-state index in [1.54, 1.807) is 0 Å². The number of hydrogen-bond donors (Lipinski definition) is 2. The second kappa shape index (κ2) is 5.89. The highest BCUT2D eigenvalue weighted by atomic mass is 35.5. The summed E-state index contributed by atoms with van der Waals surface area (Å²) in [5, 5.41) is 13.1. The molecule has 0 aliphatic heterocycles. The van der Waals surface area contributed by atoms with Crippen molar-refractivity contribution < 1.29 is 14.3 Å². The van der Waals surface area contributed by atoms with Crippen molar-refractivity contribution in [1.29, 1.82) is 0 Å². The molecule has 0 aliphatic carbocycles. The summed E-state index contributed by atoms with van der Waals surface area (Å²) < 4.78 is 5.43. The number of nitrogens with one attached hydrogen (secondary N) is 1. The van der Waals surface area contributed by atoms with Crippen molar-refractivity contribution in [2.24, 2.45) is 0 Å². The average Bonchev–Trinajstić information content (AvgIpc) is 2.65. The molecule has 2 aromatic rings. The molecular weight excluding hydrogens is 254 g/mol. The highest BCUT2D eigenvalue weighted by Crippen LogP contribution is 2.29. The zero-order valence-corrected chi connectivity index (χ0v) is 10.5. The number of furan rings is 1. The molecule has 0 amide bonds. The molecule has 5 heteroatoms. The number of carbonyl (C=O) groups is 1. The first kappa shape index (κ1) is 12.9. The molecule has 0 saturated heterocycles. The number of fused-ring (bicyclic) bond motifs is 1. The third-order valence-electron chi connectivity index (χ3n) is 2.69. The third-order valence-corrected chi connectivity index (χ3v) is 3.00. The minimum atomic E-state index is -0.774. The molecule has 0 bridgehead atoms. The summed E-state index contributed by atoms with van der Waals surface area (Å²) in [7, 11) is 0. The van der Waals surface area contributed by atoms with Crippen LogP contribution < -0.4 is 5.32 Å². The van der Waals surface area contributed by atoms with E-state index < -0.39 is 5.97 Å². The fraction of sp³-hybridized carbons (Fsp3) is 0.308. The van der Waals surface area contributed by atoms with Crippen LogP contribution in [0, 0.1) is 0 Å². The van der Waals surface area contributed by atoms with Crippen LogP contribution >= 0.6 is 11.6 Å². The van der Waals surface area contributed by atoms with Crippen molar-refractivity contribution >= 4 is 28.5 Å². The third kappa shape index (κ3) is 3.03. The first-order valence-electron chi connectivity index (χ1n) is 5.77. The molecule has 0 saturated carbocycles. The fourth-order valence-corrected chi connectivity index (χ4v) is 2.06. The molecule has 96 valence electrons. The number of halogens is 1. The van der Waals surface area contributed by atoms with Crippen LogP contribution in [-0.2, 0) is 11.3 Å². The maximum atomic E-state index is 10.4. The lowest BCUT2D eigenvalue weighted by atomic mass is 10.2. The highest BCUT2D eigenvalue weighted by Gasteiger charge is 2.11. The van der Waals surface area contributed by atoms with Crippen LogP contribution in [0.4, 0.5) is 0 Å². The molecular formula is C13H14ClNO3. The maximum absolute atomic E-state index is 10.4. The average molecular weight is 268 g/mol. The standard InChI is InChI=1S/C13H14ClNO3/c14-13-10(8-15-7-3-6-12(16)17)9-4-1-2-5-11(9)18-13/h1-2,4-5,15H,3,6-8H2,(H,16,17). The second-order valence-electron chi connectivity index (χ2n) is 4.02. The topological polar surface area (TPSA) is 62.5 Å². The molecule has 2 rings (SSSR count). The van der Waals surface area contributed by atoms with Gasteiger partial charge >= 0.3 is 5.97 Å². The van der Waals surface area contributed by atoms with Gasteiger partial charge in [-0.15, -0.1) is 0 Å². The van der Waals surface area contributed by atoms with Crippen molar-refractivity contribution in [3.8, 4) is 0 Å². The monoisotopic (exact) mass is 267 g/mol. The van der Waals surface area contributed by atoms with E-state index >= 15 is 0 Å². The maximum Gasteiger partial charge on any atom is 0.303 e. The lowest BCUT2D eigenvalue weighted by molar-refractivity contribution is -0.137. The Kier molecular flexibility index (Phi) is 4.23. The van der Waals surface area contributed by atoms with Crippen LogP contribution in [0.15, 0.2) is 28.7 Å². The predicted molar refractivity (Wildman–Crippen MR) is 69.8 cm³/mol. The van der Waals surface area contributed by atoms with Gasteiger partial charge in [0.15, 0.2) is 5.22 Å². The van der Waals surface area contributed by atoms with Crippen molar-refractivity contribution in [3.63, 3.8) is 0 Å². The Labute approximate surface area is 110 Å². The molecule has 0 spiro atoms. The number of benzene rings is 1. The normalized spacial score (nSPS) is 10.9. The van der Waals surface area contributed by atoms with Crippen LogP contribution in [0.25, 0.3) is 11.0 Å². The van der Waals surface area contributed by atoms with E-state index in [1.165, 1.54) is 0 Å². The second-order valence-corrected chi connectivity index (χ2v) is 4.37. The summed E-state index contributed by atoms with van der Waals surface area (Å²) in [6.07, 6.45) is 0.773. The van der Waals surface area contributed by atoms with E-state index in [-0.39, 0.29) is 6.42 Å². The Morgan fingerprint density at radius 1 is 1.39 bits per heavy atom. The van der Waals surface area contributed by atoms with Gasteiger partial charge in [-0.2, -0.15) is 0 Å². The molecule has 18 heavy (non-hydrogen) atoms. The summed E-state index contributed by atoms with van der Waals surface area (Å²) in [5.41, 5.74) is 1.69. The van der Waals surface area contributed by atoms with Crippen LogP contribution in [0.1, 0.15) is 18.4 Å². The zero-order chi connectivity index (χ0) is 13.0. The van der Waals surface area contributed by atoms with Crippen molar-refractivity contribution in [2.45, 2.75) is 19.4 Å². The molecule has 1 aromatic heterocycles. The molecule has 1 aromatic carbocycles. The van der Waals surface area contributed by atoms with Gasteiger partial charge in [0.2, 0.25) is 0 Å². The van der Waals surface area contributed by atoms with E-state index in [9.17, 15) is 4.79 Å². The van der Waals surface area contributed by atoms with Crippen LogP contribution in [-0.4, -0.2) is 17.6 Å². The van der Waals surface area contributed by atoms with Gasteiger partial charge in [-0.25, -0.2) is 0 Å². The number of para-hydroxylation sites is 1. The van der Waals surface area contributed by atoms with Crippen LogP contribution in [0.5, 0.6) is 0 Å². The van der Waals surface area contributed by atoms with Gasteiger partial charge in [0.1, 0.15) is 5.58 Å². The van der Waals surface area contributed by atoms with Crippen molar-refractivity contribution in [2.75, 3.05) is 6.54 Å². The first-order chi connectivity index (χ1) is 8.68. The van der Waals surface area contributed by atoms with Crippen LogP contribution in [0.2, 0.25) is 5.22 Å². The van der Waals surface area contributed by atoms with Gasteiger partial charge in [0, 0.05) is 23.9 Å². The molecule has 1 heterocycles. The molecule has 4 nitrogen and oxygen atoms in total. The lowest BCUT2D eigenvalue weighted by Crippen LogP contribution is -2.15. The molecule has 0 unspecified atom stereocenters. The smallest absolute Gasteiger partial charge is 0.303 e. The number of rotatable bonds is 6. The van der Waals surface area contributed by atoms with E-state index in [0.717, 1.165) is 16.5 Å². The van der Waals surface area contributed by atoms with Gasteiger partial charge < -0.3 is 14.8 Å². The Balaban J connectivity index is 1.95. The molecule has 0 fully saturated rings. The fourth-order valence-electron chi connectivity index (χ4n) is 1.81. The lowest BCUT2D eigenvalue weighted by Gasteiger charge is -2.02. The number of carboxylic acids is 1. The summed E-state index contributed by atoms with van der Waals surface area (Å²) in [5.74, 6) is -0.774. The Morgan fingerprint density at radius 3 is 2.94 bits per heavy atom. The summed E-state index contributed by atoms with van der Waals surface area (Å²) >= 11 is 6.03. The summed E-state index contributed by atoms with van der Waals surface area (Å²) in [6, 6.07) is 7.66. The number of hydrogen-bond acceptors (Lipinski definition) is 3. The van der Waals surface area contributed by atoms with Crippen LogP contribution in [0.3, 0.4) is 0 Å². The summed E-state index contributed by atoms with van der Waals surface area (Å²) in [4.78, 5) is 10.4. The first-order valence-corrected chi connectivity index (χ1v) is 6.14. The van der Waals surface area contributed by atoms with E-state index in [1.807, 2.05) is 24.3 Å². The van der Waals surface area contributed by atoms with Gasteiger partial charge in [-0.1, -0.05) is 18.2 Å². The quantitative estimate of drug-likeness (QED) is 0.790. The highest BCUT2D eigenvalue weighted by molar-refractivity contribution is 6.30. The number of carboxylic acid groups (broad SMARTS) is 1. The minimum Gasteiger partial charge on any atom is -0.481 e. The van der Waals surface area contributed by atoms with E-state index in [2.05, 4.69) is 5.32 Å². The van der Waals surface area contributed by atoms with Gasteiger partial charge in [0.25, 0.3) is 0 Å². The molecule has 0 radical (unpaired) electrons. The molecule has 0 aliphatic rings. The Morgan fingerprint density at radius 2 is 2.17 bits per heavy atom. The predicted octanol–water partition coefficient (Wildman–Crippen LogP) is 3.04. The molecule has 2 N–H and O–H groups in total. The van der Waals surface area contributed by atoms with Gasteiger partial charge in [-0.3, -0.25) is 4.79 Å². The van der Waals surface area contributed by atoms with Gasteiger partial charge in [-0.05, 0) is 30.6 Å². The van der Waals surface area contributed by atoms with E-state index in [0.29, 0.717) is 24.7 Å². The Hall–Kier alpha value is -1.52. The minimum absolute atomic E-state index is 0.173. The summed E-state index contributed by atoms with van der Waals surface area (Å²) in [6.45, 7) is 1.22.